The second-order valence-corrected chi connectivity index (χ2v) is 3.92. The molecule has 0 spiro atoms. The van der Waals surface area contributed by atoms with Crippen molar-refractivity contribution in [2.45, 2.75) is 25.9 Å². The Hall–Kier alpha value is -0.610. The van der Waals surface area contributed by atoms with Gasteiger partial charge in [0.05, 0.1) is 6.10 Å². The molecular weight excluding hydrogens is 180 g/mol. The first kappa shape index (κ1) is 11.5. The van der Waals surface area contributed by atoms with Gasteiger partial charge in [-0.3, -0.25) is 4.79 Å². The number of nitrogens with two attached hydrogens (primary N) is 1. The van der Waals surface area contributed by atoms with Crippen LogP contribution < -0.4 is 5.73 Å². The number of likely N-dealkylation sites (tertiary alicyclic amines) is 1. The Bertz CT molecular complexity index is 197. The van der Waals surface area contributed by atoms with Crippen LogP contribution in [-0.4, -0.2) is 43.7 Å². The summed E-state index contributed by atoms with van der Waals surface area (Å²) in [4.78, 5) is 13.7. The van der Waals surface area contributed by atoms with Crippen LogP contribution >= 0.6 is 0 Å². The van der Waals surface area contributed by atoms with Gasteiger partial charge in [0.25, 0.3) is 0 Å². The predicted molar refractivity (Wildman–Crippen MR) is 54.8 cm³/mol. The molecule has 1 saturated heterocycles. The fourth-order valence-electron chi connectivity index (χ4n) is 1.74. The highest BCUT2D eigenvalue weighted by Crippen LogP contribution is 2.14. The van der Waals surface area contributed by atoms with Gasteiger partial charge in [-0.15, -0.1) is 0 Å². The zero-order valence-corrected chi connectivity index (χ0v) is 9.03. The molecule has 4 nitrogen and oxygen atoms in total. The average Bonchev–Trinajstić information content (AvgIpc) is 2.27. The monoisotopic (exact) mass is 200 g/mol. The average molecular weight is 200 g/mol. The fourth-order valence-corrected chi connectivity index (χ4v) is 1.74. The van der Waals surface area contributed by atoms with Crippen molar-refractivity contribution >= 4 is 5.91 Å². The van der Waals surface area contributed by atoms with Gasteiger partial charge >= 0.3 is 0 Å². The first-order valence-electron chi connectivity index (χ1n) is 5.20. The largest absolute Gasteiger partial charge is 0.380 e. The Kier molecular flexibility index (Phi) is 4.35. The van der Waals surface area contributed by atoms with Gasteiger partial charge < -0.3 is 15.4 Å². The van der Waals surface area contributed by atoms with Crippen LogP contribution in [0.4, 0.5) is 0 Å². The van der Waals surface area contributed by atoms with Crippen molar-refractivity contribution in [3.63, 3.8) is 0 Å². The Morgan fingerprint density at radius 1 is 1.71 bits per heavy atom. The van der Waals surface area contributed by atoms with Crippen LogP contribution in [0.2, 0.25) is 0 Å². The Morgan fingerprint density at radius 2 is 2.43 bits per heavy atom. The molecule has 0 saturated carbocycles. The first-order valence-corrected chi connectivity index (χ1v) is 5.20. The number of carbonyl (C=O) groups excluding carboxylic acids is 1. The van der Waals surface area contributed by atoms with Crippen molar-refractivity contribution < 1.29 is 9.53 Å². The molecule has 1 fully saturated rings. The lowest BCUT2D eigenvalue weighted by molar-refractivity contribution is -0.138. The molecule has 1 amide bonds. The van der Waals surface area contributed by atoms with Crippen LogP contribution in [0.25, 0.3) is 0 Å². The number of piperidine rings is 1. The van der Waals surface area contributed by atoms with E-state index in [1.54, 1.807) is 7.11 Å². The van der Waals surface area contributed by atoms with Crippen molar-refractivity contribution in [2.75, 3.05) is 26.7 Å². The molecule has 0 radical (unpaired) electrons. The molecule has 4 heteroatoms. The molecule has 0 aromatic heterocycles. The summed E-state index contributed by atoms with van der Waals surface area (Å²) < 4.78 is 5.26. The summed E-state index contributed by atoms with van der Waals surface area (Å²) in [5.74, 6) is 0.0971. The maximum absolute atomic E-state index is 11.8. The van der Waals surface area contributed by atoms with E-state index in [0.717, 1.165) is 25.9 Å². The Morgan fingerprint density at radius 3 is 3.00 bits per heavy atom. The van der Waals surface area contributed by atoms with Gasteiger partial charge in [0.15, 0.2) is 0 Å². The smallest absolute Gasteiger partial charge is 0.226 e. The molecule has 1 aliphatic rings. The zero-order valence-electron chi connectivity index (χ0n) is 9.03. The van der Waals surface area contributed by atoms with E-state index in [-0.39, 0.29) is 17.9 Å². The third kappa shape index (κ3) is 2.69. The van der Waals surface area contributed by atoms with E-state index in [0.29, 0.717) is 6.54 Å². The van der Waals surface area contributed by atoms with Gasteiger partial charge in [-0.1, -0.05) is 6.92 Å². The predicted octanol–water partition coefficient (Wildman–Crippen LogP) is 0.219. The number of rotatable bonds is 3. The highest BCUT2D eigenvalue weighted by molar-refractivity contribution is 5.78. The van der Waals surface area contributed by atoms with Crippen molar-refractivity contribution in [3.8, 4) is 0 Å². The topological polar surface area (TPSA) is 55.6 Å². The van der Waals surface area contributed by atoms with Crippen LogP contribution in [0.15, 0.2) is 0 Å². The third-order valence-corrected chi connectivity index (χ3v) is 2.80. The maximum Gasteiger partial charge on any atom is 0.226 e. The van der Waals surface area contributed by atoms with Crippen molar-refractivity contribution in [1.82, 2.24) is 4.90 Å². The van der Waals surface area contributed by atoms with E-state index in [1.807, 2.05) is 11.8 Å². The molecule has 2 N–H and O–H groups in total. The van der Waals surface area contributed by atoms with Crippen molar-refractivity contribution in [2.24, 2.45) is 11.7 Å². The number of carbonyl (C=O) groups is 1. The number of hydrogen-bond acceptors (Lipinski definition) is 3. The van der Waals surface area contributed by atoms with E-state index in [1.165, 1.54) is 0 Å². The minimum Gasteiger partial charge on any atom is -0.380 e. The van der Waals surface area contributed by atoms with Crippen LogP contribution in [-0.2, 0) is 9.53 Å². The Balaban J connectivity index is 2.47. The number of nitrogens with zero attached hydrogens (tertiary/aromatic N) is 1. The van der Waals surface area contributed by atoms with Gasteiger partial charge in [0.1, 0.15) is 0 Å². The summed E-state index contributed by atoms with van der Waals surface area (Å²) in [6, 6.07) is 0. The zero-order chi connectivity index (χ0) is 10.6. The number of ether oxygens (including phenoxy) is 1. The SMILES string of the molecule is COC1CCCN(C(=O)C(C)CN)C1. The fraction of sp³-hybridized carbons (Fsp3) is 0.900. The van der Waals surface area contributed by atoms with E-state index >= 15 is 0 Å². The van der Waals surface area contributed by atoms with Crippen molar-refractivity contribution in [3.05, 3.63) is 0 Å². The molecule has 0 aliphatic carbocycles. The van der Waals surface area contributed by atoms with Crippen LogP contribution in [0, 0.1) is 5.92 Å². The standard InChI is InChI=1S/C10H20N2O2/c1-8(6-11)10(13)12-5-3-4-9(7-12)14-2/h8-9H,3-7,11H2,1-2H3. The summed E-state index contributed by atoms with van der Waals surface area (Å²) in [6.45, 7) is 3.87. The molecule has 0 bridgehead atoms. The first-order chi connectivity index (χ1) is 6.69. The van der Waals surface area contributed by atoms with Gasteiger partial charge in [-0.05, 0) is 12.8 Å². The molecular formula is C10H20N2O2. The van der Waals surface area contributed by atoms with Crippen LogP contribution in [0.1, 0.15) is 19.8 Å². The maximum atomic E-state index is 11.8. The number of hydrogen-bond donors (Lipinski definition) is 1. The molecule has 1 aliphatic heterocycles. The minimum absolute atomic E-state index is 0.0643. The van der Waals surface area contributed by atoms with E-state index in [9.17, 15) is 4.79 Å². The second-order valence-electron chi connectivity index (χ2n) is 3.92. The summed E-state index contributed by atoms with van der Waals surface area (Å²) in [5.41, 5.74) is 5.47. The van der Waals surface area contributed by atoms with E-state index in [4.69, 9.17) is 10.5 Å². The lowest BCUT2D eigenvalue weighted by atomic mass is 10.1. The normalized spacial score (nSPS) is 24.8. The lowest BCUT2D eigenvalue weighted by Crippen LogP contribution is -2.46. The van der Waals surface area contributed by atoms with E-state index < -0.39 is 0 Å². The molecule has 1 heterocycles. The highest BCUT2D eigenvalue weighted by atomic mass is 16.5. The Labute approximate surface area is 85.4 Å². The molecule has 0 aromatic rings. The summed E-state index contributed by atoms with van der Waals surface area (Å²) in [5, 5.41) is 0. The van der Waals surface area contributed by atoms with E-state index in [2.05, 4.69) is 0 Å². The van der Waals surface area contributed by atoms with Gasteiger partial charge in [0, 0.05) is 32.7 Å². The summed E-state index contributed by atoms with van der Waals surface area (Å²) >= 11 is 0. The molecule has 14 heavy (non-hydrogen) atoms. The molecule has 2 unspecified atom stereocenters. The van der Waals surface area contributed by atoms with Crippen molar-refractivity contribution in [1.29, 1.82) is 0 Å². The number of methoxy groups -OCH3 is 1. The van der Waals surface area contributed by atoms with Crippen LogP contribution in [0.3, 0.4) is 0 Å². The summed E-state index contributed by atoms with van der Waals surface area (Å²) in [7, 11) is 1.70. The molecule has 1 rings (SSSR count). The minimum atomic E-state index is -0.0643. The van der Waals surface area contributed by atoms with Gasteiger partial charge in [-0.2, -0.15) is 0 Å². The lowest BCUT2D eigenvalue weighted by Gasteiger charge is -2.33. The van der Waals surface area contributed by atoms with Crippen LogP contribution in [0.5, 0.6) is 0 Å². The van der Waals surface area contributed by atoms with Gasteiger partial charge in [0.2, 0.25) is 5.91 Å². The molecule has 82 valence electrons. The van der Waals surface area contributed by atoms with Gasteiger partial charge in [-0.25, -0.2) is 0 Å². The third-order valence-electron chi connectivity index (χ3n) is 2.80. The number of amides is 1. The quantitative estimate of drug-likeness (QED) is 0.709. The molecule has 0 aromatic carbocycles. The second kappa shape index (κ2) is 5.32. The summed E-state index contributed by atoms with van der Waals surface area (Å²) in [6.07, 6.45) is 2.29. The highest BCUT2D eigenvalue weighted by Gasteiger charge is 2.25. The molecule has 2 atom stereocenters.